The van der Waals surface area contributed by atoms with Crippen molar-refractivity contribution >= 4 is 106 Å². The van der Waals surface area contributed by atoms with E-state index in [1.165, 1.54) is 63.6 Å². The van der Waals surface area contributed by atoms with Crippen molar-refractivity contribution in [2.45, 2.75) is 26.8 Å². The van der Waals surface area contributed by atoms with Gasteiger partial charge in [0.15, 0.2) is 17.6 Å². The molecule has 0 amide bonds. The predicted octanol–water partition coefficient (Wildman–Crippen LogP) is 7.21. The first-order valence-corrected chi connectivity index (χ1v) is 21.1. The second-order valence-electron chi connectivity index (χ2n) is 12.8. The van der Waals surface area contributed by atoms with Crippen LogP contribution in [-0.4, -0.2) is 91.9 Å². The van der Waals surface area contributed by atoms with E-state index in [0.717, 1.165) is 5.75 Å². The van der Waals surface area contributed by atoms with E-state index in [4.69, 9.17) is 44.7 Å². The third-order valence-corrected chi connectivity index (χ3v) is 11.6. The van der Waals surface area contributed by atoms with E-state index in [0.29, 0.717) is 43.7 Å². The quantitative estimate of drug-likeness (QED) is 0.0277. The molecule has 0 aliphatic carbocycles. The molecular formula is C44H46B2N3O12S3. The molecule has 20 heteroatoms. The topological polar surface area (TPSA) is 248 Å². The van der Waals surface area contributed by atoms with Crippen LogP contribution in [0, 0.1) is 6.92 Å². The van der Waals surface area contributed by atoms with Crippen LogP contribution in [0.3, 0.4) is 0 Å². The van der Waals surface area contributed by atoms with Crippen molar-refractivity contribution < 1.29 is 58.4 Å². The summed E-state index contributed by atoms with van der Waals surface area (Å²) in [6.45, 7) is 5.14. The van der Waals surface area contributed by atoms with E-state index in [2.05, 4.69) is 40.8 Å². The number of benzene rings is 3. The number of ketones is 2. The summed E-state index contributed by atoms with van der Waals surface area (Å²) in [5.41, 5.74) is 12.6. The largest absolute Gasteiger partial charge is 0.497 e. The summed E-state index contributed by atoms with van der Waals surface area (Å²) in [7, 11) is 3.39. The number of nitrogen functional groups attached to an aromatic ring is 1. The highest BCUT2D eigenvalue weighted by molar-refractivity contribution is 7.17. The molecule has 1 unspecified atom stereocenters. The highest BCUT2D eigenvalue weighted by Crippen LogP contribution is 2.33. The molecule has 0 aliphatic heterocycles. The Morgan fingerprint density at radius 3 is 1.59 bits per heavy atom. The minimum absolute atomic E-state index is 0. The van der Waals surface area contributed by atoms with E-state index in [1.54, 1.807) is 98.7 Å². The number of H-pyrrole nitrogens is 1. The number of aldehydes is 1. The van der Waals surface area contributed by atoms with Gasteiger partial charge in [0.1, 0.15) is 17.2 Å². The zero-order chi connectivity index (χ0) is 46.6. The number of hydrogen-bond acceptors (Lipinski definition) is 15. The normalized spacial score (nSPS) is 10.2. The first-order chi connectivity index (χ1) is 30.0. The summed E-state index contributed by atoms with van der Waals surface area (Å²) in [6.07, 6.45) is -0.167. The Hall–Kier alpha value is -6.70. The lowest BCUT2D eigenvalue weighted by atomic mass is 9.80. The number of anilines is 2. The highest BCUT2D eigenvalue weighted by atomic mass is 32.1. The number of fused-ring (bicyclic) bond motifs is 1. The molecule has 1 atom stereocenters. The molecular weight excluding hydrogens is 880 g/mol. The van der Waals surface area contributed by atoms with Gasteiger partial charge in [-0.2, -0.15) is 0 Å². The van der Waals surface area contributed by atoms with E-state index in [9.17, 15) is 19.5 Å². The van der Waals surface area contributed by atoms with Crippen LogP contribution in [-0.2, 0) is 14.4 Å². The Bertz CT molecular complexity index is 2550. The first-order valence-electron chi connectivity index (χ1n) is 18.5. The van der Waals surface area contributed by atoms with Crippen LogP contribution in [0.2, 0.25) is 0 Å². The van der Waals surface area contributed by atoms with Crippen LogP contribution < -0.4 is 30.7 Å². The second-order valence-corrected chi connectivity index (χ2v) is 15.5. The van der Waals surface area contributed by atoms with Crippen LogP contribution in [0.5, 0.6) is 17.2 Å². The molecule has 7 aromatic rings. The van der Waals surface area contributed by atoms with Crippen LogP contribution in [0.1, 0.15) is 50.4 Å². The molecule has 3 aromatic carbocycles. The van der Waals surface area contributed by atoms with Crippen molar-refractivity contribution in [3.8, 4) is 28.5 Å². The summed E-state index contributed by atoms with van der Waals surface area (Å²) in [5, 5.41) is 42.8. The minimum Gasteiger partial charge on any atom is -0.497 e. The highest BCUT2D eigenvalue weighted by Gasteiger charge is 2.22. The fourth-order valence-electron chi connectivity index (χ4n) is 5.40. The summed E-state index contributed by atoms with van der Waals surface area (Å²) >= 11 is 4.45. The molecule has 0 saturated heterocycles. The van der Waals surface area contributed by atoms with E-state index < -0.39 is 25.1 Å². The third-order valence-electron chi connectivity index (χ3n) is 8.53. The Kier molecular flexibility index (Phi) is 22.3. The Balaban J connectivity index is 0.000000294. The third kappa shape index (κ3) is 15.9. The fraction of sp³-hybridized carbons (Fsp3) is 0.159. The summed E-state index contributed by atoms with van der Waals surface area (Å²) < 4.78 is 16.5. The number of hydrogen-bond donors (Lipinski definition) is 7. The zero-order valence-corrected chi connectivity index (χ0v) is 38.0. The maximum atomic E-state index is 11.5. The average molecular weight is 927 g/mol. The van der Waals surface area contributed by atoms with Crippen LogP contribution in [0.25, 0.3) is 21.5 Å². The van der Waals surface area contributed by atoms with Gasteiger partial charge in [0.2, 0.25) is 6.29 Å². The lowest BCUT2D eigenvalue weighted by Crippen LogP contribution is -2.29. The van der Waals surface area contributed by atoms with Gasteiger partial charge in [0.05, 0.1) is 58.4 Å². The fourth-order valence-corrected chi connectivity index (χ4v) is 7.75. The molecule has 7 rings (SSSR count). The van der Waals surface area contributed by atoms with Gasteiger partial charge in [-0.25, -0.2) is 9.59 Å². The van der Waals surface area contributed by atoms with Crippen LogP contribution in [0.15, 0.2) is 107 Å². The van der Waals surface area contributed by atoms with Gasteiger partial charge in [-0.05, 0) is 112 Å². The molecule has 3 radical (unpaired) electrons. The number of carbonyl (C=O) groups is 5. The molecule has 0 fully saturated rings. The molecule has 8 N–H and O–H groups in total. The van der Waals surface area contributed by atoms with Gasteiger partial charge in [-0.1, -0.05) is 24.3 Å². The van der Waals surface area contributed by atoms with Gasteiger partial charge in [0, 0.05) is 22.3 Å². The average Bonchev–Trinajstić information content (AvgIpc) is 4.11. The number of aliphatic carboxylic acids is 2. The molecule has 4 heterocycles. The number of aromatic nitrogens is 1. The van der Waals surface area contributed by atoms with Crippen molar-refractivity contribution in [2.24, 2.45) is 0 Å². The van der Waals surface area contributed by atoms with Crippen molar-refractivity contribution in [3.63, 3.8) is 0 Å². The Labute approximate surface area is 383 Å². The first kappa shape index (κ1) is 53.4. The Morgan fingerprint density at radius 2 is 1.19 bits per heavy atom. The number of rotatable bonds is 12. The number of methoxy groups -OCH3 is 3. The molecule has 0 bridgehead atoms. The molecule has 64 heavy (non-hydrogen) atoms. The maximum Gasteiger partial charge on any atom is 0.488 e. The molecule has 0 aliphatic rings. The number of carbonyl (C=O) groups excluding carboxylic acids is 3. The summed E-state index contributed by atoms with van der Waals surface area (Å²) in [4.78, 5) is 56.2. The minimum atomic E-state index is -1.43. The maximum absolute atomic E-state index is 11.5. The Morgan fingerprint density at radius 1 is 0.719 bits per heavy atom. The smallest absolute Gasteiger partial charge is 0.488 e. The molecule has 4 aromatic heterocycles. The molecule has 0 spiro atoms. The van der Waals surface area contributed by atoms with Crippen LogP contribution >= 0.6 is 34.0 Å². The monoisotopic (exact) mass is 926 g/mol. The van der Waals surface area contributed by atoms with Crippen molar-refractivity contribution in [2.75, 3.05) is 32.4 Å². The number of Topliss-reactive ketones (excluding diaryl/α,β-unsaturated/α-hetero) is 2. The summed E-state index contributed by atoms with van der Waals surface area (Å²) in [5.74, 6) is -0.239. The standard InChI is InChI=1S/C15H15NO4S.C14H13NOS.C7H9BO3.C6H7NOS.C2H2O3.B/c1-9(17)14-12(7-8-21-14)16-13(15(18)19)10-3-5-11(20-2)6-4-10;1-9-13(15-12-7-8-17-14(9)12)10-3-5-11(16-2)6-4-10;1-11-7-4-2-6(3-5-7)8(9)10;1-4(8)6-5(7)2-3-9-6;3-1-2(4)5;/h3-8,13,16H,1-2H3,(H,18,19);3-8,15H,1-2H3;2-5,9-10H,1H3;2-3H,7H2,1H3;1H,(H,4,5);. The van der Waals surface area contributed by atoms with Gasteiger partial charge >= 0.3 is 19.1 Å². The SMILES string of the molecule is CC(=O)c1sccc1N.COc1ccc(-c2[nH]c3ccsc3c2C)cc1.COc1ccc(B(O)O)cc1.COc1ccc(C(Nc2ccsc2C(C)=O)C(=O)O)cc1.O=CC(=O)O.[B]. The number of nitrogens with one attached hydrogen (secondary N) is 2. The van der Waals surface area contributed by atoms with E-state index in [-0.39, 0.29) is 26.3 Å². The van der Waals surface area contributed by atoms with Crippen LogP contribution in [0.4, 0.5) is 11.4 Å². The number of thiophene rings is 3. The van der Waals surface area contributed by atoms with Gasteiger partial charge < -0.3 is 50.5 Å². The number of aryl methyl sites for hydroxylation is 1. The lowest BCUT2D eigenvalue weighted by Gasteiger charge is -2.16. The van der Waals surface area contributed by atoms with Crippen molar-refractivity contribution in [1.29, 1.82) is 0 Å². The van der Waals surface area contributed by atoms with Crippen molar-refractivity contribution in [3.05, 3.63) is 128 Å². The van der Waals surface area contributed by atoms with Gasteiger partial charge in [0.25, 0.3) is 0 Å². The lowest BCUT2D eigenvalue weighted by molar-refractivity contribution is -0.143. The molecule has 333 valence electrons. The van der Waals surface area contributed by atoms with Gasteiger partial charge in [-0.3, -0.25) is 14.4 Å². The molecule has 0 saturated carbocycles. The number of carboxylic acid groups (broad SMARTS) is 2. The van der Waals surface area contributed by atoms with Crippen molar-refractivity contribution in [1.82, 2.24) is 4.98 Å². The molecule has 15 nitrogen and oxygen atoms in total. The number of carboxylic acids is 2. The van der Waals surface area contributed by atoms with Gasteiger partial charge in [-0.15, -0.1) is 34.0 Å². The summed E-state index contributed by atoms with van der Waals surface area (Å²) in [6, 6.07) is 26.1. The van der Waals surface area contributed by atoms with E-state index >= 15 is 0 Å². The number of ether oxygens (including phenoxy) is 3. The second kappa shape index (κ2) is 26.7. The van der Waals surface area contributed by atoms with E-state index in [1.807, 2.05) is 17.5 Å². The zero-order valence-electron chi connectivity index (χ0n) is 35.6. The number of aromatic amines is 1. The predicted molar refractivity (Wildman–Crippen MR) is 255 cm³/mol. The number of nitrogens with two attached hydrogens (primary N) is 1.